The number of hydrogen-bond acceptors (Lipinski definition) is 7. The maximum Gasteiger partial charge on any atom is 0.264 e. The van der Waals surface area contributed by atoms with Crippen LogP contribution in [0, 0.1) is 0 Å². The first-order chi connectivity index (χ1) is 16.5. The number of nitrogens with one attached hydrogen (secondary N) is 2. The van der Waals surface area contributed by atoms with Crippen LogP contribution in [-0.4, -0.2) is 78.4 Å². The molecule has 0 aliphatic carbocycles. The number of carbonyl (C=O) groups is 1. The molecule has 4 rings (SSSR count). The molecule has 1 aromatic heterocycles. The Balaban J connectivity index is 1.41. The van der Waals surface area contributed by atoms with Gasteiger partial charge < -0.3 is 20.3 Å². The molecule has 2 saturated heterocycles. The van der Waals surface area contributed by atoms with Crippen LogP contribution in [0.3, 0.4) is 0 Å². The fourth-order valence-corrected chi connectivity index (χ4v) is 6.12. The third kappa shape index (κ3) is 5.94. The summed E-state index contributed by atoms with van der Waals surface area (Å²) in [5.41, 5.74) is 0.709. The molecule has 35 heavy (non-hydrogen) atoms. The second-order valence-electron chi connectivity index (χ2n) is 10.3. The Hall–Kier alpha value is -2.27. The van der Waals surface area contributed by atoms with Crippen LogP contribution in [0.25, 0.3) is 10.9 Å². The Bertz CT molecular complexity index is 1230. The van der Waals surface area contributed by atoms with Crippen molar-refractivity contribution in [1.29, 1.82) is 0 Å². The van der Waals surface area contributed by atoms with E-state index in [0.29, 0.717) is 6.54 Å². The van der Waals surface area contributed by atoms with E-state index < -0.39 is 15.9 Å². The van der Waals surface area contributed by atoms with Gasteiger partial charge in [0.1, 0.15) is 5.56 Å². The maximum atomic E-state index is 13.2. The highest BCUT2D eigenvalue weighted by molar-refractivity contribution is 7.90. The zero-order chi connectivity index (χ0) is 25.3. The summed E-state index contributed by atoms with van der Waals surface area (Å²) < 4.78 is 24.2. The minimum Gasteiger partial charge on any atom is -0.390 e. The molecular formula is C25H36N4O5S. The summed E-state index contributed by atoms with van der Waals surface area (Å²) in [6.07, 6.45) is 4.00. The third-order valence-corrected chi connectivity index (χ3v) is 7.82. The van der Waals surface area contributed by atoms with Gasteiger partial charge in [0.05, 0.1) is 17.5 Å². The van der Waals surface area contributed by atoms with Gasteiger partial charge in [0.2, 0.25) is 0 Å². The van der Waals surface area contributed by atoms with Crippen LogP contribution in [0.4, 0.5) is 0 Å². The highest BCUT2D eigenvalue weighted by Crippen LogP contribution is 2.35. The summed E-state index contributed by atoms with van der Waals surface area (Å²) in [5, 5.41) is 17.2. The predicted octanol–water partition coefficient (Wildman–Crippen LogP) is 1.26. The van der Waals surface area contributed by atoms with E-state index in [1.807, 2.05) is 38.1 Å². The first-order valence-corrected chi connectivity index (χ1v) is 14.4. The molecule has 0 saturated carbocycles. The quantitative estimate of drug-likeness (QED) is 0.470. The number of carbonyl (C=O) groups excluding carboxylic acids is 1. The number of piperidine rings is 1. The number of sulfone groups is 1. The molecule has 10 heteroatoms. The SMILES string of the molecule is CC(C)n1c(=O)c(C(=O)N[C@@H]2C[C@H]3CC[C@@H](C2)N3CC(O)CNCS(C)(=O)=O)cc2ccccc21. The van der Waals surface area contributed by atoms with E-state index in [9.17, 15) is 23.1 Å². The molecular weight excluding hydrogens is 468 g/mol. The van der Waals surface area contributed by atoms with Crippen molar-refractivity contribution in [3.8, 4) is 0 Å². The smallest absolute Gasteiger partial charge is 0.264 e. The predicted molar refractivity (Wildman–Crippen MR) is 136 cm³/mol. The molecule has 1 aromatic carbocycles. The maximum absolute atomic E-state index is 13.2. The van der Waals surface area contributed by atoms with Crippen LogP contribution in [0.15, 0.2) is 35.1 Å². The molecule has 2 fully saturated rings. The zero-order valence-electron chi connectivity index (χ0n) is 20.6. The Labute approximate surface area is 206 Å². The first kappa shape index (κ1) is 25.8. The lowest BCUT2D eigenvalue weighted by Crippen LogP contribution is -2.53. The van der Waals surface area contributed by atoms with Gasteiger partial charge in [-0.3, -0.25) is 14.5 Å². The number of pyridine rings is 1. The van der Waals surface area contributed by atoms with E-state index in [-0.39, 0.29) is 53.6 Å². The van der Waals surface area contributed by atoms with Crippen molar-refractivity contribution in [2.75, 3.05) is 25.2 Å². The van der Waals surface area contributed by atoms with Crippen molar-refractivity contribution in [3.63, 3.8) is 0 Å². The topological polar surface area (TPSA) is 121 Å². The van der Waals surface area contributed by atoms with Gasteiger partial charge in [0.25, 0.3) is 11.5 Å². The number of para-hydroxylation sites is 1. The van der Waals surface area contributed by atoms with E-state index in [0.717, 1.165) is 42.8 Å². The Morgan fingerprint density at radius 2 is 1.83 bits per heavy atom. The molecule has 0 spiro atoms. The number of rotatable bonds is 9. The first-order valence-electron chi connectivity index (χ1n) is 12.3. The number of fused-ring (bicyclic) bond motifs is 3. The van der Waals surface area contributed by atoms with Crippen molar-refractivity contribution < 1.29 is 18.3 Å². The van der Waals surface area contributed by atoms with Crippen molar-refractivity contribution in [2.24, 2.45) is 0 Å². The zero-order valence-corrected chi connectivity index (χ0v) is 21.4. The van der Waals surface area contributed by atoms with Crippen molar-refractivity contribution in [3.05, 3.63) is 46.2 Å². The second-order valence-corrected chi connectivity index (χ2v) is 12.4. The van der Waals surface area contributed by atoms with Gasteiger partial charge >= 0.3 is 0 Å². The van der Waals surface area contributed by atoms with Gasteiger partial charge in [-0.05, 0) is 57.0 Å². The molecule has 2 aromatic rings. The average molecular weight is 505 g/mol. The molecule has 9 nitrogen and oxygen atoms in total. The molecule has 2 aliphatic rings. The highest BCUT2D eigenvalue weighted by atomic mass is 32.2. The number of aromatic nitrogens is 1. The Morgan fingerprint density at radius 1 is 1.17 bits per heavy atom. The Morgan fingerprint density at radius 3 is 2.46 bits per heavy atom. The van der Waals surface area contributed by atoms with Crippen LogP contribution in [-0.2, 0) is 9.84 Å². The van der Waals surface area contributed by atoms with E-state index in [1.165, 1.54) is 0 Å². The van der Waals surface area contributed by atoms with Crippen LogP contribution < -0.4 is 16.2 Å². The van der Waals surface area contributed by atoms with E-state index >= 15 is 0 Å². The molecule has 2 bridgehead atoms. The molecule has 1 unspecified atom stereocenters. The standard InChI is InChI=1S/C25H36N4O5S/c1-16(2)29-23-7-5-4-6-17(23)10-22(25(29)32)24(31)27-18-11-19-8-9-20(12-18)28(19)14-21(30)13-26-15-35(3,33)34/h4-7,10,16,18-21,26,30H,8-9,11-15H2,1-3H3,(H,27,31)/t18-,19-,20+,21?. The number of benzene rings is 1. The number of nitrogens with zero attached hydrogens (tertiary/aromatic N) is 2. The lowest BCUT2D eigenvalue weighted by Gasteiger charge is -2.40. The van der Waals surface area contributed by atoms with E-state index in [1.54, 1.807) is 10.6 Å². The summed E-state index contributed by atoms with van der Waals surface area (Å²) >= 11 is 0. The normalized spacial score (nSPS) is 23.6. The second kappa shape index (κ2) is 10.4. The van der Waals surface area contributed by atoms with Crippen LogP contribution in [0.2, 0.25) is 0 Å². The molecule has 192 valence electrons. The van der Waals surface area contributed by atoms with Gasteiger partial charge in [-0.25, -0.2) is 8.42 Å². The summed E-state index contributed by atoms with van der Waals surface area (Å²) in [6.45, 7) is 4.56. The van der Waals surface area contributed by atoms with E-state index in [2.05, 4.69) is 15.5 Å². The molecule has 3 N–H and O–H groups in total. The van der Waals surface area contributed by atoms with Gasteiger partial charge in [0.15, 0.2) is 9.84 Å². The molecule has 0 radical (unpaired) electrons. The van der Waals surface area contributed by atoms with Gasteiger partial charge in [-0.1, -0.05) is 18.2 Å². The average Bonchev–Trinajstić information content (AvgIpc) is 2.99. The Kier molecular flexibility index (Phi) is 7.65. The summed E-state index contributed by atoms with van der Waals surface area (Å²) in [5.74, 6) is -0.490. The van der Waals surface area contributed by atoms with Crippen molar-refractivity contribution in [1.82, 2.24) is 20.1 Å². The third-order valence-electron chi connectivity index (χ3n) is 7.09. The number of amides is 1. The summed E-state index contributed by atoms with van der Waals surface area (Å²) in [7, 11) is -3.13. The van der Waals surface area contributed by atoms with Crippen molar-refractivity contribution >= 4 is 26.6 Å². The molecule has 4 atom stereocenters. The molecule has 2 aliphatic heterocycles. The summed E-state index contributed by atoms with van der Waals surface area (Å²) in [6, 6.07) is 9.68. The minimum atomic E-state index is -3.13. The number of aliphatic hydroxyl groups is 1. The highest BCUT2D eigenvalue weighted by Gasteiger charge is 2.41. The monoisotopic (exact) mass is 504 g/mol. The fraction of sp³-hybridized carbons (Fsp3) is 0.600. The largest absolute Gasteiger partial charge is 0.390 e. The molecule has 3 heterocycles. The van der Waals surface area contributed by atoms with Crippen LogP contribution in [0.1, 0.15) is 55.9 Å². The number of hydrogen-bond donors (Lipinski definition) is 3. The minimum absolute atomic E-state index is 0.0323. The van der Waals surface area contributed by atoms with Crippen LogP contribution in [0.5, 0.6) is 0 Å². The number of aliphatic hydroxyl groups excluding tert-OH is 1. The fourth-order valence-electron chi connectivity index (χ4n) is 5.63. The van der Waals surface area contributed by atoms with Crippen LogP contribution >= 0.6 is 0 Å². The van der Waals surface area contributed by atoms with E-state index in [4.69, 9.17) is 0 Å². The lowest BCUT2D eigenvalue weighted by atomic mass is 9.96. The molecule has 1 amide bonds. The van der Waals surface area contributed by atoms with Gasteiger partial charge in [-0.2, -0.15) is 0 Å². The van der Waals surface area contributed by atoms with Gasteiger partial charge in [0, 0.05) is 43.5 Å². The van der Waals surface area contributed by atoms with Gasteiger partial charge in [-0.15, -0.1) is 0 Å². The summed E-state index contributed by atoms with van der Waals surface area (Å²) in [4.78, 5) is 28.7. The lowest BCUT2D eigenvalue weighted by molar-refractivity contribution is 0.0509. The van der Waals surface area contributed by atoms with Crippen molar-refractivity contribution in [2.45, 2.75) is 69.8 Å².